The number of allylic oxidation sites excluding steroid dienone is 1. The van der Waals surface area contributed by atoms with Gasteiger partial charge in [-0.1, -0.05) is 11.6 Å². The van der Waals surface area contributed by atoms with Gasteiger partial charge >= 0.3 is 0 Å². The molecular weight excluding hydrogens is 258 g/mol. The minimum absolute atomic E-state index is 0.123. The second-order valence-electron chi connectivity index (χ2n) is 3.69. The van der Waals surface area contributed by atoms with Crippen LogP contribution in [-0.4, -0.2) is 0 Å². The number of nitrogens with two attached hydrogens (primary N) is 1. The molecule has 1 unspecified atom stereocenters. The van der Waals surface area contributed by atoms with Crippen molar-refractivity contribution in [3.63, 3.8) is 0 Å². The first-order chi connectivity index (χ1) is 6.77. The van der Waals surface area contributed by atoms with Gasteiger partial charge in [0.05, 0.1) is 9.83 Å². The van der Waals surface area contributed by atoms with Gasteiger partial charge < -0.3 is 5.73 Å². The maximum Gasteiger partial charge on any atom is 0.0701 e. The average molecular weight is 272 g/mol. The van der Waals surface area contributed by atoms with E-state index < -0.39 is 0 Å². The molecular formula is C11H14BrNS. The van der Waals surface area contributed by atoms with Crippen molar-refractivity contribution in [3.05, 3.63) is 32.4 Å². The van der Waals surface area contributed by atoms with E-state index in [-0.39, 0.29) is 6.04 Å². The zero-order valence-corrected chi connectivity index (χ0v) is 10.4. The Hall–Kier alpha value is -0.120. The smallest absolute Gasteiger partial charge is 0.0701 e. The summed E-state index contributed by atoms with van der Waals surface area (Å²) in [7, 11) is 0. The van der Waals surface area contributed by atoms with Gasteiger partial charge in [0.15, 0.2) is 0 Å². The largest absolute Gasteiger partial charge is 0.321 e. The first kappa shape index (κ1) is 10.4. The standard InChI is InChI=1S/C11H14BrNS/c12-10-6-9(7-14-10)11(13)8-4-2-1-3-5-8/h4,6-7,11H,1-3,5,13H2. The Balaban J connectivity index is 2.14. The number of rotatable bonds is 2. The summed E-state index contributed by atoms with van der Waals surface area (Å²) in [6, 6.07) is 2.25. The molecule has 3 heteroatoms. The van der Waals surface area contributed by atoms with Gasteiger partial charge in [-0.15, -0.1) is 11.3 Å². The van der Waals surface area contributed by atoms with E-state index in [1.165, 1.54) is 40.6 Å². The fourth-order valence-electron chi connectivity index (χ4n) is 1.85. The maximum absolute atomic E-state index is 6.20. The quantitative estimate of drug-likeness (QED) is 0.809. The zero-order valence-electron chi connectivity index (χ0n) is 8.00. The summed E-state index contributed by atoms with van der Waals surface area (Å²) >= 11 is 5.17. The van der Waals surface area contributed by atoms with E-state index in [9.17, 15) is 0 Å². The Labute approximate surface area is 97.1 Å². The molecule has 1 aliphatic carbocycles. The van der Waals surface area contributed by atoms with E-state index in [0.717, 1.165) is 0 Å². The minimum Gasteiger partial charge on any atom is -0.321 e. The van der Waals surface area contributed by atoms with Crippen LogP contribution in [0.15, 0.2) is 26.9 Å². The van der Waals surface area contributed by atoms with E-state index in [2.05, 4.69) is 33.5 Å². The topological polar surface area (TPSA) is 26.0 Å². The number of hydrogen-bond donors (Lipinski definition) is 1. The molecule has 1 aromatic heterocycles. The average Bonchev–Trinajstić information content (AvgIpc) is 2.65. The Morgan fingerprint density at radius 3 is 2.86 bits per heavy atom. The number of thiophene rings is 1. The predicted octanol–water partition coefficient (Wildman–Crippen LogP) is 4.01. The van der Waals surface area contributed by atoms with E-state index in [1.807, 2.05) is 0 Å². The summed E-state index contributed by atoms with van der Waals surface area (Å²) in [5.41, 5.74) is 8.86. The lowest BCUT2D eigenvalue weighted by molar-refractivity contribution is 0.649. The van der Waals surface area contributed by atoms with E-state index >= 15 is 0 Å². The van der Waals surface area contributed by atoms with Gasteiger partial charge in [-0.3, -0.25) is 0 Å². The van der Waals surface area contributed by atoms with Gasteiger partial charge in [-0.25, -0.2) is 0 Å². The highest BCUT2D eigenvalue weighted by Gasteiger charge is 2.14. The van der Waals surface area contributed by atoms with E-state index in [4.69, 9.17) is 5.73 Å². The second kappa shape index (κ2) is 4.60. The molecule has 0 radical (unpaired) electrons. The van der Waals surface area contributed by atoms with Crippen molar-refractivity contribution in [2.45, 2.75) is 31.7 Å². The van der Waals surface area contributed by atoms with E-state index in [1.54, 1.807) is 11.3 Å². The Morgan fingerprint density at radius 1 is 1.43 bits per heavy atom. The molecule has 1 aromatic rings. The van der Waals surface area contributed by atoms with Gasteiger partial charge in [0, 0.05) is 0 Å². The normalized spacial score (nSPS) is 19.1. The molecule has 0 aromatic carbocycles. The molecule has 0 spiro atoms. The van der Waals surface area contributed by atoms with Crippen LogP contribution < -0.4 is 5.73 Å². The van der Waals surface area contributed by atoms with Crippen molar-refractivity contribution < 1.29 is 0 Å². The third-order valence-corrected chi connectivity index (χ3v) is 4.20. The van der Waals surface area contributed by atoms with Crippen molar-refractivity contribution >= 4 is 27.3 Å². The van der Waals surface area contributed by atoms with Gasteiger partial charge in [-0.2, -0.15) is 0 Å². The Kier molecular flexibility index (Phi) is 3.42. The fourth-order valence-corrected chi connectivity index (χ4v) is 3.06. The van der Waals surface area contributed by atoms with E-state index in [0.29, 0.717) is 0 Å². The molecule has 14 heavy (non-hydrogen) atoms. The van der Waals surface area contributed by atoms with Gasteiger partial charge in [0.1, 0.15) is 0 Å². The van der Waals surface area contributed by atoms with Crippen molar-refractivity contribution in [1.29, 1.82) is 0 Å². The van der Waals surface area contributed by atoms with Crippen LogP contribution in [0.5, 0.6) is 0 Å². The molecule has 1 atom stereocenters. The summed E-state index contributed by atoms with van der Waals surface area (Å²) in [6.45, 7) is 0. The summed E-state index contributed by atoms with van der Waals surface area (Å²) in [6.07, 6.45) is 7.32. The molecule has 0 saturated heterocycles. The molecule has 0 bridgehead atoms. The highest BCUT2D eigenvalue weighted by atomic mass is 79.9. The maximum atomic E-state index is 6.20. The first-order valence-corrected chi connectivity index (χ1v) is 6.63. The summed E-state index contributed by atoms with van der Waals surface area (Å²) in [5.74, 6) is 0. The molecule has 2 rings (SSSR count). The van der Waals surface area contributed by atoms with Crippen LogP contribution in [-0.2, 0) is 0 Å². The van der Waals surface area contributed by atoms with Crippen LogP contribution in [0.25, 0.3) is 0 Å². The van der Waals surface area contributed by atoms with Crippen LogP contribution in [0.1, 0.15) is 37.3 Å². The van der Waals surface area contributed by atoms with Crippen LogP contribution in [0, 0.1) is 0 Å². The van der Waals surface area contributed by atoms with Gasteiger partial charge in [-0.05, 0) is 58.6 Å². The predicted molar refractivity (Wildman–Crippen MR) is 65.5 cm³/mol. The lowest BCUT2D eigenvalue weighted by atomic mass is 9.92. The molecule has 1 heterocycles. The van der Waals surface area contributed by atoms with Crippen molar-refractivity contribution in [1.82, 2.24) is 0 Å². The van der Waals surface area contributed by atoms with Crippen molar-refractivity contribution in [2.75, 3.05) is 0 Å². The highest BCUT2D eigenvalue weighted by molar-refractivity contribution is 9.11. The lowest BCUT2D eigenvalue weighted by Gasteiger charge is -2.18. The molecule has 0 fully saturated rings. The van der Waals surface area contributed by atoms with Crippen molar-refractivity contribution in [3.8, 4) is 0 Å². The zero-order chi connectivity index (χ0) is 9.97. The van der Waals surface area contributed by atoms with Crippen LogP contribution >= 0.6 is 27.3 Å². The van der Waals surface area contributed by atoms with Crippen molar-refractivity contribution in [2.24, 2.45) is 5.73 Å². The minimum atomic E-state index is 0.123. The third-order valence-electron chi connectivity index (χ3n) is 2.67. The Morgan fingerprint density at radius 2 is 2.29 bits per heavy atom. The van der Waals surface area contributed by atoms with Crippen LogP contribution in [0.4, 0.5) is 0 Å². The second-order valence-corrected chi connectivity index (χ2v) is 5.98. The molecule has 2 N–H and O–H groups in total. The molecule has 76 valence electrons. The highest BCUT2D eigenvalue weighted by Crippen LogP contribution is 2.31. The Bertz CT molecular complexity index is 343. The fraction of sp³-hybridized carbons (Fsp3) is 0.455. The van der Waals surface area contributed by atoms with Crippen LogP contribution in [0.3, 0.4) is 0 Å². The van der Waals surface area contributed by atoms with Gasteiger partial charge in [0.25, 0.3) is 0 Å². The van der Waals surface area contributed by atoms with Gasteiger partial charge in [0.2, 0.25) is 0 Å². The summed E-state index contributed by atoms with van der Waals surface area (Å²) < 4.78 is 1.17. The monoisotopic (exact) mass is 271 g/mol. The molecule has 0 saturated carbocycles. The third kappa shape index (κ3) is 2.27. The summed E-state index contributed by atoms with van der Waals surface area (Å²) in [4.78, 5) is 0. The molecule has 0 aliphatic heterocycles. The molecule has 1 nitrogen and oxygen atoms in total. The number of halogens is 1. The molecule has 0 amide bonds. The SMILES string of the molecule is NC(C1=CCCCC1)c1csc(Br)c1. The lowest BCUT2D eigenvalue weighted by Crippen LogP contribution is -2.13. The van der Waals surface area contributed by atoms with Crippen LogP contribution in [0.2, 0.25) is 0 Å². The molecule has 1 aliphatic rings. The number of hydrogen-bond acceptors (Lipinski definition) is 2. The first-order valence-electron chi connectivity index (χ1n) is 4.96. The summed E-state index contributed by atoms with van der Waals surface area (Å²) in [5, 5.41) is 2.14.